The fourth-order valence-corrected chi connectivity index (χ4v) is 3.78. The standard InChI is InChI=1S/C15H13BrFI/c1-9-7-11(8-10(2)15(9)17)14(16)12-5-3-4-6-13(12)18/h3-8,14H,1-2H3. The minimum Gasteiger partial charge on any atom is -0.206 e. The summed E-state index contributed by atoms with van der Waals surface area (Å²) in [5.41, 5.74) is 3.69. The zero-order valence-electron chi connectivity index (χ0n) is 10.2. The molecule has 2 aromatic carbocycles. The van der Waals surface area contributed by atoms with Crippen LogP contribution >= 0.6 is 38.5 Å². The zero-order chi connectivity index (χ0) is 13.3. The molecule has 0 radical (unpaired) electrons. The summed E-state index contributed by atoms with van der Waals surface area (Å²) in [5, 5.41) is 0. The van der Waals surface area contributed by atoms with Crippen LogP contribution < -0.4 is 0 Å². The highest BCUT2D eigenvalue weighted by molar-refractivity contribution is 14.1. The normalized spacial score (nSPS) is 12.5. The van der Waals surface area contributed by atoms with Gasteiger partial charge in [-0.2, -0.15) is 0 Å². The molecule has 1 atom stereocenters. The van der Waals surface area contributed by atoms with Crippen molar-refractivity contribution in [2.75, 3.05) is 0 Å². The molecule has 0 aliphatic heterocycles. The van der Waals surface area contributed by atoms with Gasteiger partial charge >= 0.3 is 0 Å². The SMILES string of the molecule is Cc1cc(C(Br)c2ccccc2I)cc(C)c1F. The van der Waals surface area contributed by atoms with Crippen molar-refractivity contribution in [3.63, 3.8) is 0 Å². The molecule has 2 aromatic rings. The number of rotatable bonds is 2. The Balaban J connectivity index is 2.47. The van der Waals surface area contributed by atoms with Crippen molar-refractivity contribution < 1.29 is 4.39 Å². The summed E-state index contributed by atoms with van der Waals surface area (Å²) in [6, 6.07) is 12.0. The van der Waals surface area contributed by atoms with Gasteiger partial charge in [0.15, 0.2) is 0 Å². The van der Waals surface area contributed by atoms with Gasteiger partial charge in [0.05, 0.1) is 4.83 Å². The summed E-state index contributed by atoms with van der Waals surface area (Å²) < 4.78 is 14.8. The van der Waals surface area contributed by atoms with Crippen molar-refractivity contribution in [2.45, 2.75) is 18.7 Å². The van der Waals surface area contributed by atoms with Gasteiger partial charge in [0, 0.05) is 3.57 Å². The fraction of sp³-hybridized carbons (Fsp3) is 0.200. The molecular weight excluding hydrogens is 406 g/mol. The van der Waals surface area contributed by atoms with E-state index in [1.165, 1.54) is 9.13 Å². The van der Waals surface area contributed by atoms with Gasteiger partial charge in [0.25, 0.3) is 0 Å². The Morgan fingerprint density at radius 3 is 2.22 bits per heavy atom. The van der Waals surface area contributed by atoms with Crippen LogP contribution in [0.2, 0.25) is 0 Å². The van der Waals surface area contributed by atoms with Gasteiger partial charge in [-0.3, -0.25) is 0 Å². The predicted molar refractivity (Wildman–Crippen MR) is 85.8 cm³/mol. The molecule has 0 bridgehead atoms. The Labute approximate surface area is 129 Å². The third-order valence-corrected chi connectivity index (χ3v) is 4.93. The van der Waals surface area contributed by atoms with Crippen molar-refractivity contribution in [3.8, 4) is 0 Å². The van der Waals surface area contributed by atoms with Crippen molar-refractivity contribution in [2.24, 2.45) is 0 Å². The predicted octanol–water partition coefficient (Wildman–Crippen LogP) is 5.53. The highest BCUT2D eigenvalue weighted by atomic mass is 127. The van der Waals surface area contributed by atoms with Crippen molar-refractivity contribution in [1.82, 2.24) is 0 Å². The third-order valence-electron chi connectivity index (χ3n) is 2.93. The molecule has 0 aliphatic carbocycles. The summed E-state index contributed by atoms with van der Waals surface area (Å²) in [4.78, 5) is 0.101. The molecule has 0 nitrogen and oxygen atoms in total. The molecule has 0 N–H and O–H groups in total. The van der Waals surface area contributed by atoms with E-state index in [1.54, 1.807) is 0 Å². The van der Waals surface area contributed by atoms with Crippen LogP contribution in [0, 0.1) is 23.2 Å². The Hall–Kier alpha value is -0.420. The van der Waals surface area contributed by atoms with Crippen LogP contribution in [0.1, 0.15) is 27.1 Å². The van der Waals surface area contributed by atoms with Crippen molar-refractivity contribution in [3.05, 3.63) is 68.0 Å². The van der Waals surface area contributed by atoms with Crippen LogP contribution in [0.3, 0.4) is 0 Å². The van der Waals surface area contributed by atoms with Crippen LogP contribution in [-0.2, 0) is 0 Å². The van der Waals surface area contributed by atoms with E-state index in [4.69, 9.17) is 0 Å². The Morgan fingerprint density at radius 1 is 1.11 bits per heavy atom. The van der Waals surface area contributed by atoms with Gasteiger partial charge in [-0.25, -0.2) is 4.39 Å². The zero-order valence-corrected chi connectivity index (χ0v) is 13.9. The highest BCUT2D eigenvalue weighted by Crippen LogP contribution is 2.34. The molecule has 0 saturated heterocycles. The smallest absolute Gasteiger partial charge is 0.129 e. The second-order valence-corrected chi connectivity index (χ2v) is 6.43. The van der Waals surface area contributed by atoms with Gasteiger partial charge < -0.3 is 0 Å². The Kier molecular flexibility index (Phi) is 4.43. The molecule has 3 heteroatoms. The quantitative estimate of drug-likeness (QED) is 0.444. The van der Waals surface area contributed by atoms with E-state index in [0.717, 1.165) is 5.56 Å². The van der Waals surface area contributed by atoms with Gasteiger partial charge in [-0.1, -0.05) is 46.3 Å². The average Bonchev–Trinajstić information content (AvgIpc) is 2.35. The lowest BCUT2D eigenvalue weighted by atomic mass is 10.00. The second-order valence-electron chi connectivity index (χ2n) is 4.35. The van der Waals surface area contributed by atoms with E-state index in [1.807, 2.05) is 38.1 Å². The van der Waals surface area contributed by atoms with E-state index < -0.39 is 0 Å². The minimum atomic E-state index is -0.110. The van der Waals surface area contributed by atoms with Crippen LogP contribution in [0.15, 0.2) is 36.4 Å². The molecule has 0 saturated carbocycles. The molecule has 0 aromatic heterocycles. The number of hydrogen-bond acceptors (Lipinski definition) is 0. The van der Waals surface area contributed by atoms with Gasteiger partial charge in [-0.05, 0) is 64.8 Å². The first-order valence-corrected chi connectivity index (χ1v) is 7.65. The topological polar surface area (TPSA) is 0 Å². The molecule has 18 heavy (non-hydrogen) atoms. The van der Waals surface area contributed by atoms with E-state index in [-0.39, 0.29) is 10.6 Å². The summed E-state index contributed by atoms with van der Waals surface area (Å²) in [5.74, 6) is -0.110. The lowest BCUT2D eigenvalue weighted by Crippen LogP contribution is -1.99. The maximum absolute atomic E-state index is 13.6. The minimum absolute atomic E-state index is 0.101. The largest absolute Gasteiger partial charge is 0.206 e. The fourth-order valence-electron chi connectivity index (χ4n) is 1.99. The van der Waals surface area contributed by atoms with Crippen molar-refractivity contribution >= 4 is 38.5 Å². The summed E-state index contributed by atoms with van der Waals surface area (Å²) in [6.07, 6.45) is 0. The third kappa shape index (κ3) is 2.77. The highest BCUT2D eigenvalue weighted by Gasteiger charge is 2.15. The van der Waals surface area contributed by atoms with E-state index in [2.05, 4.69) is 50.7 Å². The molecule has 2 rings (SSSR count). The van der Waals surface area contributed by atoms with Crippen LogP contribution in [0.4, 0.5) is 4.39 Å². The number of benzene rings is 2. The van der Waals surface area contributed by atoms with E-state index >= 15 is 0 Å². The Morgan fingerprint density at radius 2 is 1.67 bits per heavy atom. The summed E-state index contributed by atoms with van der Waals surface area (Å²) in [7, 11) is 0. The number of halogens is 3. The molecule has 0 aliphatic rings. The summed E-state index contributed by atoms with van der Waals surface area (Å²) in [6.45, 7) is 3.61. The Bertz CT molecular complexity index is 557. The molecular formula is C15H13BrFI. The van der Waals surface area contributed by atoms with Gasteiger partial charge in [-0.15, -0.1) is 0 Å². The maximum atomic E-state index is 13.6. The molecule has 0 amide bonds. The average molecular weight is 419 g/mol. The lowest BCUT2D eigenvalue weighted by molar-refractivity contribution is 0.608. The first-order valence-electron chi connectivity index (χ1n) is 5.66. The van der Waals surface area contributed by atoms with Gasteiger partial charge in [0.2, 0.25) is 0 Å². The molecule has 0 spiro atoms. The molecule has 0 heterocycles. The first-order chi connectivity index (χ1) is 8.50. The first kappa shape index (κ1) is 14.0. The number of alkyl halides is 1. The summed E-state index contributed by atoms with van der Waals surface area (Å²) >= 11 is 6.03. The van der Waals surface area contributed by atoms with Crippen LogP contribution in [-0.4, -0.2) is 0 Å². The van der Waals surface area contributed by atoms with E-state index in [0.29, 0.717) is 11.1 Å². The number of aryl methyl sites for hydroxylation is 2. The molecule has 94 valence electrons. The second kappa shape index (κ2) is 5.70. The van der Waals surface area contributed by atoms with Gasteiger partial charge in [0.1, 0.15) is 5.82 Å². The van der Waals surface area contributed by atoms with Crippen LogP contribution in [0.5, 0.6) is 0 Å². The van der Waals surface area contributed by atoms with Crippen LogP contribution in [0.25, 0.3) is 0 Å². The van der Waals surface area contributed by atoms with E-state index in [9.17, 15) is 4.39 Å². The molecule has 0 fully saturated rings. The lowest BCUT2D eigenvalue weighted by Gasteiger charge is -2.15. The number of hydrogen-bond donors (Lipinski definition) is 0. The maximum Gasteiger partial charge on any atom is 0.129 e. The molecule has 1 unspecified atom stereocenters. The monoisotopic (exact) mass is 418 g/mol. The van der Waals surface area contributed by atoms with Crippen molar-refractivity contribution in [1.29, 1.82) is 0 Å².